The largest absolute Gasteiger partial charge is 0.507 e. The van der Waals surface area contributed by atoms with Crippen molar-refractivity contribution < 1.29 is 24.0 Å². The number of aliphatic hydroxyl groups excluding tert-OH is 1. The van der Waals surface area contributed by atoms with E-state index in [0.717, 1.165) is 12.0 Å². The third-order valence-corrected chi connectivity index (χ3v) is 5.48. The van der Waals surface area contributed by atoms with Gasteiger partial charge in [0.2, 0.25) is 0 Å². The van der Waals surface area contributed by atoms with Gasteiger partial charge in [-0.3, -0.25) is 19.7 Å². The lowest BCUT2D eigenvalue weighted by atomic mass is 9.94. The van der Waals surface area contributed by atoms with Crippen LogP contribution in [0.5, 0.6) is 0 Å². The summed E-state index contributed by atoms with van der Waals surface area (Å²) >= 11 is 0. The normalized spacial score (nSPS) is 17.7. The van der Waals surface area contributed by atoms with Crippen LogP contribution in [0, 0.1) is 10.1 Å². The first-order valence-electron chi connectivity index (χ1n) is 10.0. The summed E-state index contributed by atoms with van der Waals surface area (Å²) < 4.78 is 5.36. The summed E-state index contributed by atoms with van der Waals surface area (Å²) in [7, 11) is 0. The number of carbonyl (C=O) groups excluding carboxylic acids is 2. The van der Waals surface area contributed by atoms with Gasteiger partial charge in [-0.25, -0.2) is 0 Å². The summed E-state index contributed by atoms with van der Waals surface area (Å²) in [6, 6.07) is 15.3. The van der Waals surface area contributed by atoms with Crippen molar-refractivity contribution in [3.63, 3.8) is 0 Å². The second-order valence-corrected chi connectivity index (χ2v) is 7.41. The summed E-state index contributed by atoms with van der Waals surface area (Å²) in [5.41, 5.74) is 1.45. The predicted molar refractivity (Wildman–Crippen MR) is 115 cm³/mol. The van der Waals surface area contributed by atoms with Crippen LogP contribution in [-0.4, -0.2) is 26.6 Å². The van der Waals surface area contributed by atoms with Gasteiger partial charge in [0.15, 0.2) is 0 Å². The van der Waals surface area contributed by atoms with Crippen molar-refractivity contribution in [2.24, 2.45) is 0 Å². The number of nitrogens with zero attached hydrogens (tertiary/aromatic N) is 2. The number of Topliss-reactive ketones (excluding diaryl/α,β-unsaturated/α-hetero) is 1. The quantitative estimate of drug-likeness (QED) is 0.203. The standard InChI is InChI=1S/C24H20N2O6/c1-2-15-8-10-16(11-9-15)21-20(22(27)17-5-3-6-18(13-17)26(30)31)23(28)24(29)25(21)14-19-7-4-12-32-19/h3-13,21,27H,2,14H2,1H3/b22-20+. The molecule has 1 saturated heterocycles. The number of nitro benzene ring substituents is 1. The molecule has 1 aromatic heterocycles. The molecule has 1 aliphatic heterocycles. The highest BCUT2D eigenvalue weighted by molar-refractivity contribution is 6.46. The van der Waals surface area contributed by atoms with Gasteiger partial charge < -0.3 is 14.4 Å². The van der Waals surface area contributed by atoms with Crippen molar-refractivity contribution in [1.29, 1.82) is 0 Å². The monoisotopic (exact) mass is 432 g/mol. The number of benzene rings is 2. The van der Waals surface area contributed by atoms with Crippen molar-refractivity contribution in [3.05, 3.63) is 105 Å². The number of likely N-dealkylation sites (tertiary alicyclic amines) is 1. The second kappa shape index (κ2) is 8.50. The molecule has 4 rings (SSSR count). The average molecular weight is 432 g/mol. The smallest absolute Gasteiger partial charge is 0.296 e. The van der Waals surface area contributed by atoms with Crippen LogP contribution in [0.15, 0.2) is 76.9 Å². The van der Waals surface area contributed by atoms with Crippen molar-refractivity contribution >= 4 is 23.1 Å². The van der Waals surface area contributed by atoms with E-state index in [1.807, 2.05) is 31.2 Å². The Morgan fingerprint density at radius 3 is 2.50 bits per heavy atom. The molecule has 0 spiro atoms. The zero-order valence-corrected chi connectivity index (χ0v) is 17.2. The maximum atomic E-state index is 13.0. The number of rotatable bonds is 6. The van der Waals surface area contributed by atoms with Gasteiger partial charge in [0.05, 0.1) is 29.3 Å². The average Bonchev–Trinajstić information content (AvgIpc) is 3.41. The molecular formula is C24H20N2O6. The van der Waals surface area contributed by atoms with Gasteiger partial charge in [-0.05, 0) is 29.7 Å². The maximum Gasteiger partial charge on any atom is 0.296 e. The molecule has 8 nitrogen and oxygen atoms in total. The van der Waals surface area contributed by atoms with Crippen molar-refractivity contribution in [2.45, 2.75) is 25.9 Å². The number of aryl methyl sites for hydroxylation is 1. The van der Waals surface area contributed by atoms with Crippen LogP contribution in [0.2, 0.25) is 0 Å². The lowest BCUT2D eigenvalue weighted by Crippen LogP contribution is -2.29. The third-order valence-electron chi connectivity index (χ3n) is 5.48. The van der Waals surface area contributed by atoms with Crippen LogP contribution in [0.4, 0.5) is 5.69 Å². The van der Waals surface area contributed by atoms with Crippen molar-refractivity contribution in [3.8, 4) is 0 Å². The van der Waals surface area contributed by atoms with Crippen LogP contribution in [0.1, 0.15) is 35.4 Å². The van der Waals surface area contributed by atoms with Crippen molar-refractivity contribution in [2.75, 3.05) is 0 Å². The van der Waals surface area contributed by atoms with E-state index in [0.29, 0.717) is 11.3 Å². The molecule has 0 radical (unpaired) electrons. The van der Waals surface area contributed by atoms with E-state index in [1.165, 1.54) is 35.4 Å². The van der Waals surface area contributed by atoms with E-state index >= 15 is 0 Å². The summed E-state index contributed by atoms with van der Waals surface area (Å²) in [5, 5.41) is 22.2. The van der Waals surface area contributed by atoms with Crippen LogP contribution >= 0.6 is 0 Å². The minimum atomic E-state index is -0.870. The van der Waals surface area contributed by atoms with Crippen LogP contribution in [-0.2, 0) is 22.6 Å². The van der Waals surface area contributed by atoms with E-state index in [1.54, 1.807) is 12.1 Å². The van der Waals surface area contributed by atoms with Gasteiger partial charge in [0, 0.05) is 17.7 Å². The van der Waals surface area contributed by atoms with Gasteiger partial charge in [-0.2, -0.15) is 0 Å². The van der Waals surface area contributed by atoms with Gasteiger partial charge in [-0.15, -0.1) is 0 Å². The molecule has 32 heavy (non-hydrogen) atoms. The molecule has 1 atom stereocenters. The molecule has 1 amide bonds. The molecule has 2 aromatic carbocycles. The molecule has 3 aromatic rings. The number of furan rings is 1. The maximum absolute atomic E-state index is 13.0. The molecule has 162 valence electrons. The highest BCUT2D eigenvalue weighted by atomic mass is 16.6. The van der Waals surface area contributed by atoms with E-state index in [2.05, 4.69) is 0 Å². The summed E-state index contributed by atoms with van der Waals surface area (Å²) in [6.45, 7) is 2.05. The number of carbonyl (C=O) groups is 2. The molecule has 1 fully saturated rings. The van der Waals surface area contributed by atoms with Gasteiger partial charge in [-0.1, -0.05) is 43.3 Å². The Kier molecular flexibility index (Phi) is 5.59. The second-order valence-electron chi connectivity index (χ2n) is 7.41. The lowest BCUT2D eigenvalue weighted by Gasteiger charge is -2.24. The third kappa shape index (κ3) is 3.78. The molecule has 0 bridgehead atoms. The number of non-ortho nitro benzene ring substituents is 1. The minimum Gasteiger partial charge on any atom is -0.507 e. The first-order valence-corrected chi connectivity index (χ1v) is 10.0. The van der Waals surface area contributed by atoms with Gasteiger partial charge >= 0.3 is 0 Å². The van der Waals surface area contributed by atoms with Gasteiger partial charge in [0.1, 0.15) is 11.5 Å². The van der Waals surface area contributed by atoms with E-state index in [-0.39, 0.29) is 23.4 Å². The molecule has 8 heteroatoms. The Morgan fingerprint density at radius 2 is 1.88 bits per heavy atom. The number of hydrogen-bond acceptors (Lipinski definition) is 6. The van der Waals surface area contributed by atoms with Crippen LogP contribution in [0.25, 0.3) is 5.76 Å². The highest BCUT2D eigenvalue weighted by Gasteiger charge is 2.46. The topological polar surface area (TPSA) is 114 Å². The summed E-state index contributed by atoms with van der Waals surface area (Å²) in [5.74, 6) is -1.61. The number of aliphatic hydroxyl groups is 1. The Hall–Kier alpha value is -4.20. The summed E-state index contributed by atoms with van der Waals surface area (Å²) in [4.78, 5) is 37.9. The molecule has 1 N–H and O–H groups in total. The van der Waals surface area contributed by atoms with Gasteiger partial charge in [0.25, 0.3) is 17.4 Å². The Labute approximate surface area is 183 Å². The highest BCUT2D eigenvalue weighted by Crippen LogP contribution is 2.40. The first-order chi connectivity index (χ1) is 15.4. The van der Waals surface area contributed by atoms with Crippen LogP contribution in [0.3, 0.4) is 0 Å². The molecule has 1 aliphatic rings. The first kappa shape index (κ1) is 21.0. The Balaban J connectivity index is 1.87. The van der Waals surface area contributed by atoms with E-state index < -0.39 is 28.4 Å². The predicted octanol–water partition coefficient (Wildman–Crippen LogP) is 4.37. The molecule has 1 unspecified atom stereocenters. The number of hydrogen-bond donors (Lipinski definition) is 1. The molecular weight excluding hydrogens is 412 g/mol. The van der Waals surface area contributed by atoms with Crippen molar-refractivity contribution in [1.82, 2.24) is 4.90 Å². The van der Waals surface area contributed by atoms with E-state index in [9.17, 15) is 24.8 Å². The Morgan fingerprint density at radius 1 is 1.12 bits per heavy atom. The fraction of sp³-hybridized carbons (Fsp3) is 0.167. The molecule has 0 saturated carbocycles. The number of nitro groups is 1. The van der Waals surface area contributed by atoms with E-state index in [4.69, 9.17) is 4.42 Å². The number of ketones is 1. The fourth-order valence-electron chi connectivity index (χ4n) is 3.82. The zero-order chi connectivity index (χ0) is 22.8. The zero-order valence-electron chi connectivity index (χ0n) is 17.2. The number of amides is 1. The molecule has 0 aliphatic carbocycles. The minimum absolute atomic E-state index is 0.0312. The lowest BCUT2D eigenvalue weighted by molar-refractivity contribution is -0.384. The summed E-state index contributed by atoms with van der Waals surface area (Å²) in [6.07, 6.45) is 2.29. The molecule has 2 heterocycles. The SMILES string of the molecule is CCc1ccc(C2/C(=C(\O)c3cccc([N+](=O)[O-])c3)C(=O)C(=O)N2Cc2ccco2)cc1. The fourth-order valence-corrected chi connectivity index (χ4v) is 3.82. The Bertz CT molecular complexity index is 1210. The van der Waals surface area contributed by atoms with Crippen LogP contribution < -0.4 is 0 Å².